The largest absolute Gasteiger partial charge is 0.486 e. The Kier molecular flexibility index (Phi) is 6.82. The van der Waals surface area contributed by atoms with E-state index < -0.39 is 15.3 Å². The first kappa shape index (κ1) is 23.4. The summed E-state index contributed by atoms with van der Waals surface area (Å²) in [5, 5.41) is 8.38. The van der Waals surface area contributed by atoms with Crippen LogP contribution in [0.4, 0.5) is 5.69 Å². The van der Waals surface area contributed by atoms with Crippen LogP contribution in [0.5, 0.6) is 11.5 Å². The van der Waals surface area contributed by atoms with Crippen LogP contribution in [0.15, 0.2) is 46.5 Å². The summed E-state index contributed by atoms with van der Waals surface area (Å²) in [4.78, 5) is 17.5. The number of anilines is 1. The van der Waals surface area contributed by atoms with Gasteiger partial charge in [0.25, 0.3) is 0 Å². The van der Waals surface area contributed by atoms with Crippen LogP contribution in [0.25, 0.3) is 11.0 Å². The third-order valence-corrected chi connectivity index (χ3v) is 7.21. The van der Waals surface area contributed by atoms with Crippen LogP contribution in [0, 0.1) is 0 Å². The number of aryl methyl sites for hydroxylation is 1. The molecule has 0 spiro atoms. The Labute approximate surface area is 196 Å². The number of aromatic nitrogens is 2. The number of nitrogens with two attached hydrogens (primary N) is 1. The molecule has 1 aliphatic heterocycles. The number of hydrogen-bond donors (Lipinski definition) is 2. The molecule has 1 amide bonds. The van der Waals surface area contributed by atoms with Gasteiger partial charge in [-0.2, -0.15) is 0 Å². The molecule has 1 atom stereocenters. The number of benzene rings is 2. The molecule has 0 unspecified atom stereocenters. The molecular weight excluding hydrogens is 464 g/mol. The van der Waals surface area contributed by atoms with Crippen LogP contribution in [-0.4, -0.2) is 42.3 Å². The number of unbranched alkanes of at least 4 members (excludes halogenated alkanes) is 1. The maximum atomic E-state index is 12.9. The van der Waals surface area contributed by atoms with E-state index in [4.69, 9.17) is 14.6 Å². The smallest absolute Gasteiger partial charge is 0.238 e. The van der Waals surface area contributed by atoms with Gasteiger partial charge in [0.05, 0.1) is 21.2 Å². The lowest BCUT2D eigenvalue weighted by Gasteiger charge is -2.19. The summed E-state index contributed by atoms with van der Waals surface area (Å²) in [6, 6.07) is 9.95. The van der Waals surface area contributed by atoms with Crippen LogP contribution in [-0.2, 0) is 21.4 Å². The van der Waals surface area contributed by atoms with E-state index in [0.717, 1.165) is 18.4 Å². The number of nitrogens with one attached hydrogen (secondary N) is 1. The zero-order valence-electron chi connectivity index (χ0n) is 18.4. The van der Waals surface area contributed by atoms with Crippen LogP contribution >= 0.6 is 11.8 Å². The summed E-state index contributed by atoms with van der Waals surface area (Å²) in [7, 11) is -3.83. The summed E-state index contributed by atoms with van der Waals surface area (Å²) >= 11 is 1.32. The van der Waals surface area contributed by atoms with Gasteiger partial charge in [0, 0.05) is 18.3 Å². The number of thioether (sulfide) groups is 1. The van der Waals surface area contributed by atoms with E-state index in [1.165, 1.54) is 23.9 Å². The topological polar surface area (TPSA) is 126 Å². The number of nitrogens with zero attached hydrogens (tertiary/aromatic N) is 2. The minimum Gasteiger partial charge on any atom is -0.486 e. The Morgan fingerprint density at radius 2 is 1.97 bits per heavy atom. The van der Waals surface area contributed by atoms with Gasteiger partial charge >= 0.3 is 0 Å². The number of amides is 1. The van der Waals surface area contributed by atoms with E-state index in [2.05, 4.69) is 17.2 Å². The first-order valence-corrected chi connectivity index (χ1v) is 13.1. The van der Waals surface area contributed by atoms with Gasteiger partial charge in [-0.15, -0.1) is 0 Å². The first-order valence-electron chi connectivity index (χ1n) is 10.7. The van der Waals surface area contributed by atoms with Crippen LogP contribution in [0.1, 0.15) is 26.7 Å². The third-order valence-electron chi connectivity index (χ3n) is 5.21. The minimum atomic E-state index is -3.83. The SMILES string of the molecule is CCCCn1c(S[C@@H](C)C(=O)Nc2ccc3c(c2)OCCO3)nc2cc(S(N)(=O)=O)ccc21. The Bertz CT molecular complexity index is 1290. The number of imidazole rings is 1. The number of ether oxygens (including phenoxy) is 2. The van der Waals surface area contributed by atoms with Crippen molar-refractivity contribution < 1.29 is 22.7 Å². The fourth-order valence-corrected chi connectivity index (χ4v) is 4.95. The lowest BCUT2D eigenvalue weighted by molar-refractivity contribution is -0.115. The van der Waals surface area contributed by atoms with Crippen LogP contribution in [0.2, 0.25) is 0 Å². The maximum absolute atomic E-state index is 12.9. The van der Waals surface area contributed by atoms with Gasteiger partial charge in [0.15, 0.2) is 16.7 Å². The molecule has 33 heavy (non-hydrogen) atoms. The standard InChI is InChI=1S/C22H26N4O5S2/c1-3-4-9-26-18-7-6-16(33(23,28)29)13-17(18)25-22(26)32-14(2)21(27)24-15-5-8-19-20(12-15)31-11-10-30-19/h5-8,12-14H,3-4,9-11H2,1-2H3,(H,24,27)(H2,23,28,29)/t14-/m0/s1. The summed E-state index contributed by atoms with van der Waals surface area (Å²) in [5.41, 5.74) is 1.95. The number of carbonyl (C=O) groups excluding carboxylic acids is 1. The number of fused-ring (bicyclic) bond motifs is 2. The molecule has 4 rings (SSSR count). The van der Waals surface area contributed by atoms with Crippen molar-refractivity contribution in [2.24, 2.45) is 5.14 Å². The molecule has 3 N–H and O–H groups in total. The van der Waals surface area contributed by atoms with Crippen molar-refractivity contribution in [1.29, 1.82) is 0 Å². The van der Waals surface area contributed by atoms with Crippen LogP contribution < -0.4 is 19.9 Å². The predicted molar refractivity (Wildman–Crippen MR) is 127 cm³/mol. The number of sulfonamides is 1. The molecule has 0 saturated heterocycles. The zero-order chi connectivity index (χ0) is 23.6. The van der Waals surface area contributed by atoms with E-state index >= 15 is 0 Å². The van der Waals surface area contributed by atoms with E-state index in [9.17, 15) is 13.2 Å². The van der Waals surface area contributed by atoms with E-state index in [1.807, 2.05) is 4.57 Å². The molecule has 176 valence electrons. The van der Waals surface area contributed by atoms with Crippen molar-refractivity contribution in [3.63, 3.8) is 0 Å². The van der Waals surface area contributed by atoms with Crippen LogP contribution in [0.3, 0.4) is 0 Å². The first-order chi connectivity index (χ1) is 15.8. The highest BCUT2D eigenvalue weighted by atomic mass is 32.2. The van der Waals surface area contributed by atoms with Gasteiger partial charge in [0.1, 0.15) is 13.2 Å². The van der Waals surface area contributed by atoms with Gasteiger partial charge < -0.3 is 19.4 Å². The lowest BCUT2D eigenvalue weighted by atomic mass is 10.2. The Balaban J connectivity index is 1.55. The monoisotopic (exact) mass is 490 g/mol. The van der Waals surface area contributed by atoms with Gasteiger partial charge in [0.2, 0.25) is 15.9 Å². The second-order valence-corrected chi connectivity index (χ2v) is 10.6. The van der Waals surface area contributed by atoms with Crippen molar-refractivity contribution in [3.05, 3.63) is 36.4 Å². The maximum Gasteiger partial charge on any atom is 0.238 e. The second-order valence-electron chi connectivity index (χ2n) is 7.70. The molecule has 11 heteroatoms. The quantitative estimate of drug-likeness (QED) is 0.464. The number of rotatable bonds is 8. The van der Waals surface area contributed by atoms with Crippen molar-refractivity contribution in [2.75, 3.05) is 18.5 Å². The van der Waals surface area contributed by atoms with E-state index in [0.29, 0.717) is 47.6 Å². The highest BCUT2D eigenvalue weighted by Gasteiger charge is 2.21. The fraction of sp³-hybridized carbons (Fsp3) is 0.364. The summed E-state index contributed by atoms with van der Waals surface area (Å²) in [5.74, 6) is 1.08. The molecule has 0 bridgehead atoms. The Hall–Kier alpha value is -2.76. The van der Waals surface area contributed by atoms with Crippen molar-refractivity contribution in [1.82, 2.24) is 9.55 Å². The van der Waals surface area contributed by atoms with Gasteiger partial charge in [-0.3, -0.25) is 4.79 Å². The summed E-state index contributed by atoms with van der Waals surface area (Å²) in [6.07, 6.45) is 1.91. The molecule has 3 aromatic rings. The molecule has 2 aromatic carbocycles. The van der Waals surface area contributed by atoms with E-state index in [1.54, 1.807) is 31.2 Å². The average molecular weight is 491 g/mol. The summed E-state index contributed by atoms with van der Waals surface area (Å²) < 4.78 is 36.6. The Morgan fingerprint density at radius 1 is 1.21 bits per heavy atom. The molecule has 9 nitrogen and oxygen atoms in total. The molecule has 0 aliphatic carbocycles. The lowest BCUT2D eigenvalue weighted by Crippen LogP contribution is -2.23. The normalized spacial score (nSPS) is 14.3. The highest BCUT2D eigenvalue weighted by molar-refractivity contribution is 8.00. The second kappa shape index (κ2) is 9.62. The van der Waals surface area contributed by atoms with Crippen molar-refractivity contribution >= 4 is 44.4 Å². The fourth-order valence-electron chi connectivity index (χ4n) is 3.46. The predicted octanol–water partition coefficient (Wildman–Crippen LogP) is 3.37. The minimum absolute atomic E-state index is 0.0103. The number of primary sulfonamides is 1. The average Bonchev–Trinajstić information content (AvgIpc) is 3.13. The molecular formula is C22H26N4O5S2. The molecule has 2 heterocycles. The molecule has 1 aromatic heterocycles. The molecule has 0 saturated carbocycles. The van der Waals surface area contributed by atoms with Crippen molar-refractivity contribution in [2.45, 2.75) is 48.5 Å². The molecule has 0 fully saturated rings. The highest BCUT2D eigenvalue weighted by Crippen LogP contribution is 2.33. The third kappa shape index (κ3) is 5.26. The molecule has 0 radical (unpaired) electrons. The van der Waals surface area contributed by atoms with Gasteiger partial charge in [-0.25, -0.2) is 18.5 Å². The van der Waals surface area contributed by atoms with Gasteiger partial charge in [-0.1, -0.05) is 25.1 Å². The summed E-state index contributed by atoms with van der Waals surface area (Å²) in [6.45, 7) is 5.58. The molecule has 1 aliphatic rings. The van der Waals surface area contributed by atoms with E-state index in [-0.39, 0.29) is 10.8 Å². The van der Waals surface area contributed by atoms with Crippen molar-refractivity contribution in [3.8, 4) is 11.5 Å². The number of hydrogen-bond acceptors (Lipinski definition) is 7. The number of carbonyl (C=O) groups is 1. The Morgan fingerprint density at radius 3 is 2.70 bits per heavy atom. The zero-order valence-corrected chi connectivity index (χ0v) is 20.0. The van der Waals surface area contributed by atoms with Gasteiger partial charge in [-0.05, 0) is 43.7 Å².